The van der Waals surface area contributed by atoms with Crippen molar-refractivity contribution in [3.05, 3.63) is 23.8 Å². The predicted octanol–water partition coefficient (Wildman–Crippen LogP) is 3.57. The van der Waals surface area contributed by atoms with Crippen molar-refractivity contribution in [1.29, 1.82) is 0 Å². The van der Waals surface area contributed by atoms with Crippen LogP contribution in [0.15, 0.2) is 18.2 Å². The summed E-state index contributed by atoms with van der Waals surface area (Å²) >= 11 is 0. The van der Waals surface area contributed by atoms with Crippen LogP contribution in [0.4, 0.5) is 0 Å². The summed E-state index contributed by atoms with van der Waals surface area (Å²) in [7, 11) is 1.91. The highest BCUT2D eigenvalue weighted by atomic mass is 16.6. The molecular weight excluding hydrogens is 346 g/mol. The Kier molecular flexibility index (Phi) is 7.57. The Morgan fingerprint density at radius 3 is 1.93 bits per heavy atom. The molecule has 1 unspecified atom stereocenters. The van der Waals surface area contributed by atoms with Crippen LogP contribution in [0.1, 0.15) is 60.1 Å². The van der Waals surface area contributed by atoms with Crippen LogP contribution in [0, 0.1) is 10.8 Å². The van der Waals surface area contributed by atoms with Gasteiger partial charge in [-0.1, -0.05) is 13.0 Å². The Morgan fingerprint density at radius 1 is 1.00 bits per heavy atom. The number of nitrogens with zero attached hydrogens (tertiary/aromatic N) is 1. The van der Waals surface area contributed by atoms with E-state index in [1.54, 1.807) is 59.7 Å². The van der Waals surface area contributed by atoms with Gasteiger partial charge in [-0.05, 0) is 72.8 Å². The van der Waals surface area contributed by atoms with E-state index in [4.69, 9.17) is 9.47 Å². The van der Waals surface area contributed by atoms with Crippen molar-refractivity contribution in [2.45, 2.75) is 54.6 Å². The molecule has 0 fully saturated rings. The molecule has 0 amide bonds. The van der Waals surface area contributed by atoms with Crippen LogP contribution >= 0.6 is 0 Å². The number of aliphatic hydroxyl groups excluding tert-OH is 1. The maximum absolute atomic E-state index is 12.3. The van der Waals surface area contributed by atoms with E-state index in [0.29, 0.717) is 12.1 Å². The quantitative estimate of drug-likeness (QED) is 0.601. The van der Waals surface area contributed by atoms with Crippen LogP contribution in [0.25, 0.3) is 0 Å². The van der Waals surface area contributed by atoms with E-state index in [0.717, 1.165) is 6.54 Å². The molecule has 6 heteroatoms. The molecule has 152 valence electrons. The van der Waals surface area contributed by atoms with Crippen LogP contribution in [0.3, 0.4) is 0 Å². The lowest BCUT2D eigenvalue weighted by molar-refractivity contribution is -0.145. The number of likely N-dealkylation sites (N-methyl/N-ethyl adjacent to an activating group) is 1. The maximum Gasteiger partial charge on any atom is 0.316 e. The van der Waals surface area contributed by atoms with Gasteiger partial charge in [-0.3, -0.25) is 9.59 Å². The van der Waals surface area contributed by atoms with Gasteiger partial charge in [0, 0.05) is 6.54 Å². The Balaban J connectivity index is 3.22. The largest absolute Gasteiger partial charge is 0.422 e. The van der Waals surface area contributed by atoms with Crippen LogP contribution < -0.4 is 9.47 Å². The first-order chi connectivity index (χ1) is 12.3. The van der Waals surface area contributed by atoms with Gasteiger partial charge in [0.05, 0.1) is 16.9 Å². The van der Waals surface area contributed by atoms with E-state index >= 15 is 0 Å². The lowest BCUT2D eigenvalue weighted by Crippen LogP contribution is -2.28. The van der Waals surface area contributed by atoms with E-state index in [-0.39, 0.29) is 11.5 Å². The summed E-state index contributed by atoms with van der Waals surface area (Å²) in [5.41, 5.74) is -0.835. The van der Waals surface area contributed by atoms with E-state index in [2.05, 4.69) is 0 Å². The summed E-state index contributed by atoms with van der Waals surface area (Å²) < 4.78 is 11.0. The number of aliphatic hydroxyl groups is 1. The molecule has 1 rings (SSSR count). The van der Waals surface area contributed by atoms with Crippen LogP contribution in [-0.2, 0) is 9.59 Å². The van der Waals surface area contributed by atoms with Gasteiger partial charge in [0.15, 0.2) is 11.5 Å². The number of benzene rings is 1. The third kappa shape index (κ3) is 6.96. The van der Waals surface area contributed by atoms with E-state index in [1.807, 2.05) is 18.9 Å². The summed E-state index contributed by atoms with van der Waals surface area (Å²) in [6, 6.07) is 4.79. The summed E-state index contributed by atoms with van der Waals surface area (Å²) in [6.45, 7) is 13.7. The fourth-order valence-corrected chi connectivity index (χ4v) is 1.93. The van der Waals surface area contributed by atoms with Crippen LogP contribution in [0.5, 0.6) is 11.5 Å². The molecule has 1 aromatic rings. The number of carbonyl (C=O) groups is 2. The van der Waals surface area contributed by atoms with Crippen molar-refractivity contribution in [2.24, 2.45) is 10.8 Å². The lowest BCUT2D eigenvalue weighted by atomic mass is 9.97. The van der Waals surface area contributed by atoms with Gasteiger partial charge in [-0.15, -0.1) is 0 Å². The maximum atomic E-state index is 12.3. The highest BCUT2D eigenvalue weighted by Gasteiger charge is 2.28. The second kappa shape index (κ2) is 8.85. The molecule has 27 heavy (non-hydrogen) atoms. The number of esters is 2. The van der Waals surface area contributed by atoms with Crippen LogP contribution in [0.2, 0.25) is 0 Å². The lowest BCUT2D eigenvalue weighted by Gasteiger charge is -2.22. The average Bonchev–Trinajstić information content (AvgIpc) is 2.54. The second-order valence-electron chi connectivity index (χ2n) is 8.86. The number of ether oxygens (including phenoxy) is 2. The van der Waals surface area contributed by atoms with Gasteiger partial charge in [-0.2, -0.15) is 0 Å². The fourth-order valence-electron chi connectivity index (χ4n) is 1.93. The van der Waals surface area contributed by atoms with Crippen molar-refractivity contribution in [3.63, 3.8) is 0 Å². The summed E-state index contributed by atoms with van der Waals surface area (Å²) in [5, 5.41) is 10.5. The third-order valence-corrected chi connectivity index (χ3v) is 4.01. The summed E-state index contributed by atoms with van der Waals surface area (Å²) in [4.78, 5) is 26.6. The zero-order valence-electron chi connectivity index (χ0n) is 17.8. The van der Waals surface area contributed by atoms with Gasteiger partial charge < -0.3 is 19.5 Å². The molecule has 6 nitrogen and oxygen atoms in total. The number of hydrogen-bond donors (Lipinski definition) is 1. The van der Waals surface area contributed by atoms with Crippen molar-refractivity contribution in [3.8, 4) is 11.5 Å². The first-order valence-electron chi connectivity index (χ1n) is 9.20. The fraction of sp³-hybridized carbons (Fsp3) is 0.619. The molecule has 1 N–H and O–H groups in total. The number of hydrogen-bond acceptors (Lipinski definition) is 6. The van der Waals surface area contributed by atoms with Gasteiger partial charge in [-0.25, -0.2) is 0 Å². The zero-order valence-corrected chi connectivity index (χ0v) is 17.8. The summed E-state index contributed by atoms with van der Waals surface area (Å²) in [5.74, 6) is -0.599. The standard InChI is InChI=1S/C21H33NO5/c1-9-22(8)13-15(23)14-10-11-16(26-18(24)20(2,3)4)17(12-14)27-19(25)21(5,6)7/h10-12,15,23H,9,13H2,1-8H3. The summed E-state index contributed by atoms with van der Waals surface area (Å²) in [6.07, 6.45) is -0.755. The smallest absolute Gasteiger partial charge is 0.316 e. The molecule has 0 heterocycles. The average molecular weight is 379 g/mol. The molecule has 0 radical (unpaired) electrons. The molecule has 0 aliphatic heterocycles. The van der Waals surface area contributed by atoms with Crippen molar-refractivity contribution < 1.29 is 24.2 Å². The van der Waals surface area contributed by atoms with E-state index < -0.39 is 28.9 Å². The molecule has 1 atom stereocenters. The van der Waals surface area contributed by atoms with E-state index in [1.165, 1.54) is 0 Å². The number of carbonyl (C=O) groups excluding carboxylic acids is 2. The molecule has 0 aliphatic rings. The normalized spacial score (nSPS) is 13.4. The molecule has 0 spiro atoms. The van der Waals surface area contributed by atoms with Gasteiger partial charge in [0.1, 0.15) is 0 Å². The highest BCUT2D eigenvalue weighted by molar-refractivity contribution is 5.81. The Hall–Kier alpha value is -1.92. The first kappa shape index (κ1) is 23.1. The molecule has 0 saturated carbocycles. The molecule has 0 bridgehead atoms. The first-order valence-corrected chi connectivity index (χ1v) is 9.20. The second-order valence-corrected chi connectivity index (χ2v) is 8.86. The van der Waals surface area contributed by atoms with Crippen LogP contribution in [-0.4, -0.2) is 42.1 Å². The molecular formula is C21H33NO5. The van der Waals surface area contributed by atoms with Gasteiger partial charge in [0.25, 0.3) is 0 Å². The molecule has 0 aliphatic carbocycles. The minimum Gasteiger partial charge on any atom is -0.422 e. The van der Waals surface area contributed by atoms with Gasteiger partial charge in [0.2, 0.25) is 0 Å². The van der Waals surface area contributed by atoms with Gasteiger partial charge >= 0.3 is 11.9 Å². The Bertz CT molecular complexity index is 670. The predicted molar refractivity (Wildman–Crippen MR) is 105 cm³/mol. The molecule has 1 aromatic carbocycles. The van der Waals surface area contributed by atoms with E-state index in [9.17, 15) is 14.7 Å². The monoisotopic (exact) mass is 379 g/mol. The molecule has 0 saturated heterocycles. The topological polar surface area (TPSA) is 76.1 Å². The Labute approximate surface area is 162 Å². The highest BCUT2D eigenvalue weighted by Crippen LogP contribution is 2.34. The Morgan fingerprint density at radius 2 is 1.48 bits per heavy atom. The minimum absolute atomic E-state index is 0.128. The van der Waals surface area contributed by atoms with Crippen molar-refractivity contribution in [1.82, 2.24) is 4.90 Å². The van der Waals surface area contributed by atoms with Crippen molar-refractivity contribution in [2.75, 3.05) is 20.1 Å². The minimum atomic E-state index is -0.755. The zero-order chi connectivity index (χ0) is 21.0. The SMILES string of the molecule is CCN(C)CC(O)c1ccc(OC(=O)C(C)(C)C)c(OC(=O)C(C)(C)C)c1. The van der Waals surface area contributed by atoms with Crippen molar-refractivity contribution >= 4 is 11.9 Å². The third-order valence-electron chi connectivity index (χ3n) is 4.01. The molecule has 0 aromatic heterocycles. The number of rotatable bonds is 6.